The van der Waals surface area contributed by atoms with E-state index >= 15 is 0 Å². The second kappa shape index (κ2) is 6.17. The minimum atomic E-state index is -0.519. The Morgan fingerprint density at radius 3 is 2.31 bits per heavy atom. The maximum atomic E-state index is 9.91. The molecule has 0 unspecified atom stereocenters. The summed E-state index contributed by atoms with van der Waals surface area (Å²) in [5.74, 6) is 0. The molecule has 0 spiro atoms. The van der Waals surface area contributed by atoms with Crippen LogP contribution in [0.2, 0.25) is 0 Å². The first-order chi connectivity index (χ1) is 6.04. The van der Waals surface area contributed by atoms with Crippen LogP contribution in [0.5, 0.6) is 0 Å². The zero-order valence-electron chi connectivity index (χ0n) is 9.19. The van der Waals surface area contributed by atoms with E-state index in [0.717, 1.165) is 25.8 Å². The lowest BCUT2D eigenvalue weighted by atomic mass is 9.97. The van der Waals surface area contributed by atoms with Crippen LogP contribution in [0, 0.1) is 0 Å². The summed E-state index contributed by atoms with van der Waals surface area (Å²) in [4.78, 5) is 0. The minimum Gasteiger partial charge on any atom is -0.389 e. The zero-order chi connectivity index (χ0) is 10.3. The van der Waals surface area contributed by atoms with Crippen molar-refractivity contribution in [3.05, 3.63) is 12.2 Å². The molecule has 2 N–H and O–H groups in total. The largest absolute Gasteiger partial charge is 0.389 e. The molecule has 13 heavy (non-hydrogen) atoms. The molecule has 0 aliphatic rings. The lowest BCUT2D eigenvalue weighted by molar-refractivity contribution is 0.0328. The zero-order valence-corrected chi connectivity index (χ0v) is 9.19. The van der Waals surface area contributed by atoms with E-state index in [1.807, 2.05) is 20.8 Å². The van der Waals surface area contributed by atoms with Crippen molar-refractivity contribution in [3.63, 3.8) is 0 Å². The van der Waals surface area contributed by atoms with E-state index in [2.05, 4.69) is 11.9 Å². The maximum absolute atomic E-state index is 9.91. The van der Waals surface area contributed by atoms with Gasteiger partial charge < -0.3 is 10.4 Å². The van der Waals surface area contributed by atoms with Gasteiger partial charge in [0.2, 0.25) is 0 Å². The molecule has 2 heteroatoms. The lowest BCUT2D eigenvalue weighted by Gasteiger charge is -2.25. The van der Waals surface area contributed by atoms with Gasteiger partial charge in [0.05, 0.1) is 5.60 Å². The molecule has 0 aliphatic heterocycles. The number of aliphatic hydroxyl groups is 1. The molecule has 2 nitrogen and oxygen atoms in total. The third-order valence-electron chi connectivity index (χ3n) is 2.50. The quantitative estimate of drug-likeness (QED) is 0.470. The Morgan fingerprint density at radius 2 is 1.92 bits per heavy atom. The molecule has 0 fully saturated rings. The third kappa shape index (κ3) is 5.83. The molecule has 0 atom stereocenters. The Labute approximate surface area is 82.0 Å². The predicted molar refractivity (Wildman–Crippen MR) is 57.8 cm³/mol. The monoisotopic (exact) mass is 185 g/mol. The predicted octanol–water partition coefficient (Wildman–Crippen LogP) is 2.09. The first kappa shape index (κ1) is 12.7. The fourth-order valence-electron chi connectivity index (χ4n) is 1.12. The fourth-order valence-corrected chi connectivity index (χ4v) is 1.12. The van der Waals surface area contributed by atoms with E-state index in [4.69, 9.17) is 0 Å². The lowest BCUT2D eigenvalue weighted by Crippen LogP contribution is -2.39. The van der Waals surface area contributed by atoms with E-state index in [1.165, 1.54) is 5.57 Å². The van der Waals surface area contributed by atoms with Crippen LogP contribution in [0.3, 0.4) is 0 Å². The van der Waals surface area contributed by atoms with Crippen molar-refractivity contribution in [2.45, 2.75) is 45.6 Å². The van der Waals surface area contributed by atoms with Gasteiger partial charge in [-0.3, -0.25) is 0 Å². The van der Waals surface area contributed by atoms with Crippen LogP contribution in [0.25, 0.3) is 0 Å². The summed E-state index contributed by atoms with van der Waals surface area (Å²) in [5.41, 5.74) is 0.666. The van der Waals surface area contributed by atoms with Gasteiger partial charge in [0.1, 0.15) is 0 Å². The van der Waals surface area contributed by atoms with E-state index in [-0.39, 0.29) is 0 Å². The second-order valence-corrected chi connectivity index (χ2v) is 3.82. The normalized spacial score (nSPS) is 11.7. The van der Waals surface area contributed by atoms with Crippen molar-refractivity contribution in [1.82, 2.24) is 5.32 Å². The SMILES string of the molecule is C=C(C)CCNCC(O)(CC)CC. The van der Waals surface area contributed by atoms with Crippen LogP contribution >= 0.6 is 0 Å². The highest BCUT2D eigenvalue weighted by molar-refractivity contribution is 4.88. The van der Waals surface area contributed by atoms with Crippen molar-refractivity contribution >= 4 is 0 Å². The Balaban J connectivity index is 3.55. The highest BCUT2D eigenvalue weighted by Crippen LogP contribution is 2.12. The van der Waals surface area contributed by atoms with Crippen LogP contribution in [-0.4, -0.2) is 23.8 Å². The molecule has 0 saturated heterocycles. The molecule has 0 aliphatic carbocycles. The van der Waals surface area contributed by atoms with Crippen molar-refractivity contribution in [2.75, 3.05) is 13.1 Å². The van der Waals surface area contributed by atoms with Gasteiger partial charge in [-0.25, -0.2) is 0 Å². The average Bonchev–Trinajstić information content (AvgIpc) is 2.12. The Morgan fingerprint density at radius 1 is 1.38 bits per heavy atom. The van der Waals surface area contributed by atoms with Crippen LogP contribution in [0.4, 0.5) is 0 Å². The summed E-state index contributed by atoms with van der Waals surface area (Å²) < 4.78 is 0. The van der Waals surface area contributed by atoms with E-state index in [1.54, 1.807) is 0 Å². The Kier molecular flexibility index (Phi) is 6.00. The highest BCUT2D eigenvalue weighted by atomic mass is 16.3. The fraction of sp³-hybridized carbons (Fsp3) is 0.818. The number of hydrogen-bond acceptors (Lipinski definition) is 2. The molecular weight excluding hydrogens is 162 g/mol. The van der Waals surface area contributed by atoms with Crippen molar-refractivity contribution in [1.29, 1.82) is 0 Å². The van der Waals surface area contributed by atoms with Gasteiger partial charge in [-0.1, -0.05) is 19.4 Å². The van der Waals surface area contributed by atoms with E-state index in [0.29, 0.717) is 6.54 Å². The van der Waals surface area contributed by atoms with Gasteiger partial charge in [0.25, 0.3) is 0 Å². The summed E-state index contributed by atoms with van der Waals surface area (Å²) in [7, 11) is 0. The number of nitrogens with one attached hydrogen (secondary N) is 1. The van der Waals surface area contributed by atoms with Crippen LogP contribution in [0.15, 0.2) is 12.2 Å². The molecule has 0 aromatic heterocycles. The maximum Gasteiger partial charge on any atom is 0.0766 e. The van der Waals surface area contributed by atoms with E-state index in [9.17, 15) is 5.11 Å². The molecule has 0 aromatic rings. The van der Waals surface area contributed by atoms with Gasteiger partial charge in [-0.2, -0.15) is 0 Å². The minimum absolute atomic E-state index is 0.519. The first-order valence-electron chi connectivity index (χ1n) is 5.11. The smallest absolute Gasteiger partial charge is 0.0766 e. The summed E-state index contributed by atoms with van der Waals surface area (Å²) >= 11 is 0. The third-order valence-corrected chi connectivity index (χ3v) is 2.50. The van der Waals surface area contributed by atoms with Crippen molar-refractivity contribution in [2.24, 2.45) is 0 Å². The highest BCUT2D eigenvalue weighted by Gasteiger charge is 2.20. The Hall–Kier alpha value is -0.340. The first-order valence-corrected chi connectivity index (χ1v) is 5.11. The molecule has 0 saturated carbocycles. The molecule has 0 amide bonds. The molecule has 0 heterocycles. The molecule has 0 aromatic carbocycles. The van der Waals surface area contributed by atoms with Gasteiger partial charge in [-0.05, 0) is 32.7 Å². The summed E-state index contributed by atoms with van der Waals surface area (Å²) in [6, 6.07) is 0. The molecule has 0 radical (unpaired) electrons. The van der Waals surface area contributed by atoms with Gasteiger partial charge >= 0.3 is 0 Å². The summed E-state index contributed by atoms with van der Waals surface area (Å²) in [5, 5.41) is 13.2. The topological polar surface area (TPSA) is 32.3 Å². The molecule has 78 valence electrons. The molecular formula is C11H23NO. The number of rotatable bonds is 7. The van der Waals surface area contributed by atoms with E-state index < -0.39 is 5.60 Å². The van der Waals surface area contributed by atoms with Crippen molar-refractivity contribution in [3.8, 4) is 0 Å². The van der Waals surface area contributed by atoms with Gasteiger partial charge in [0.15, 0.2) is 0 Å². The van der Waals surface area contributed by atoms with Gasteiger partial charge in [-0.15, -0.1) is 6.58 Å². The molecule has 0 bridgehead atoms. The van der Waals surface area contributed by atoms with Gasteiger partial charge in [0, 0.05) is 6.54 Å². The second-order valence-electron chi connectivity index (χ2n) is 3.82. The summed E-state index contributed by atoms with van der Waals surface area (Å²) in [6.07, 6.45) is 2.61. The Bertz CT molecular complexity index is 150. The van der Waals surface area contributed by atoms with Crippen LogP contribution in [-0.2, 0) is 0 Å². The summed E-state index contributed by atoms with van der Waals surface area (Å²) in [6.45, 7) is 11.5. The standard InChI is InChI=1S/C11H23NO/c1-5-11(13,6-2)9-12-8-7-10(3)4/h12-13H,3,5-9H2,1-2,4H3. The van der Waals surface area contributed by atoms with Crippen LogP contribution in [0.1, 0.15) is 40.0 Å². The van der Waals surface area contributed by atoms with Crippen LogP contribution < -0.4 is 5.32 Å². The molecule has 0 rings (SSSR count). The average molecular weight is 185 g/mol. The van der Waals surface area contributed by atoms with Crippen molar-refractivity contribution < 1.29 is 5.11 Å². The number of hydrogen-bond donors (Lipinski definition) is 2.